The van der Waals surface area contributed by atoms with Gasteiger partial charge in [0.25, 0.3) is 0 Å². The van der Waals surface area contributed by atoms with Crippen molar-refractivity contribution < 1.29 is 5.11 Å². The van der Waals surface area contributed by atoms with Gasteiger partial charge in [-0.05, 0) is 41.4 Å². The van der Waals surface area contributed by atoms with Crippen LogP contribution in [0.2, 0.25) is 0 Å². The van der Waals surface area contributed by atoms with Crippen molar-refractivity contribution in [3.05, 3.63) is 21.9 Å². The van der Waals surface area contributed by atoms with Crippen LogP contribution < -0.4 is 5.73 Å². The van der Waals surface area contributed by atoms with Gasteiger partial charge in [0, 0.05) is 18.7 Å². The Bertz CT molecular complexity index is 562. The molecule has 2 aromatic heterocycles. The minimum atomic E-state index is 0.279. The number of imidazole rings is 1. The SMILES string of the molecule is Nc1nc(I)cn2c(C3CC(CO)C3)ncc12. The molecule has 2 aromatic rings. The largest absolute Gasteiger partial charge is 0.396 e. The Morgan fingerprint density at radius 3 is 3.00 bits per heavy atom. The Morgan fingerprint density at radius 2 is 2.29 bits per heavy atom. The first-order chi connectivity index (χ1) is 8.19. The van der Waals surface area contributed by atoms with Crippen molar-refractivity contribution >= 4 is 33.9 Å². The Kier molecular flexibility index (Phi) is 2.70. The van der Waals surface area contributed by atoms with E-state index < -0.39 is 0 Å². The summed E-state index contributed by atoms with van der Waals surface area (Å²) in [5.74, 6) is 2.43. The zero-order valence-corrected chi connectivity index (χ0v) is 11.3. The Labute approximate surface area is 112 Å². The lowest BCUT2D eigenvalue weighted by molar-refractivity contribution is 0.138. The molecule has 0 spiro atoms. The summed E-state index contributed by atoms with van der Waals surface area (Å²) in [6.07, 6.45) is 5.75. The molecule has 6 heteroatoms. The number of fused-ring (bicyclic) bond motifs is 1. The summed E-state index contributed by atoms with van der Waals surface area (Å²) in [6.45, 7) is 0.279. The van der Waals surface area contributed by atoms with E-state index in [2.05, 4.69) is 32.6 Å². The van der Waals surface area contributed by atoms with E-state index in [0.29, 0.717) is 17.7 Å². The molecule has 3 N–H and O–H groups in total. The van der Waals surface area contributed by atoms with E-state index >= 15 is 0 Å². The van der Waals surface area contributed by atoms with Crippen molar-refractivity contribution in [2.24, 2.45) is 5.92 Å². The first-order valence-corrected chi connectivity index (χ1v) is 6.66. The zero-order chi connectivity index (χ0) is 12.0. The number of rotatable bonds is 2. The van der Waals surface area contributed by atoms with Gasteiger partial charge in [-0.2, -0.15) is 0 Å². The second kappa shape index (κ2) is 4.09. The molecule has 0 atom stereocenters. The molecule has 0 amide bonds. The Balaban J connectivity index is 2.01. The molecule has 1 saturated carbocycles. The number of hydrogen-bond acceptors (Lipinski definition) is 4. The number of aliphatic hydroxyl groups excluding tert-OH is 1. The molecular weight excluding hydrogens is 331 g/mol. The molecule has 90 valence electrons. The van der Waals surface area contributed by atoms with Gasteiger partial charge in [0.05, 0.1) is 6.20 Å². The predicted molar refractivity (Wildman–Crippen MR) is 72.7 cm³/mol. The van der Waals surface area contributed by atoms with Crippen LogP contribution in [0.5, 0.6) is 0 Å². The van der Waals surface area contributed by atoms with Crippen molar-refractivity contribution in [2.45, 2.75) is 18.8 Å². The van der Waals surface area contributed by atoms with Crippen molar-refractivity contribution in [2.75, 3.05) is 12.3 Å². The van der Waals surface area contributed by atoms with Gasteiger partial charge >= 0.3 is 0 Å². The summed E-state index contributed by atoms with van der Waals surface area (Å²) >= 11 is 2.15. The van der Waals surface area contributed by atoms with Gasteiger partial charge in [-0.1, -0.05) is 0 Å². The lowest BCUT2D eigenvalue weighted by atomic mass is 9.75. The van der Waals surface area contributed by atoms with E-state index in [0.717, 1.165) is 27.9 Å². The third-order valence-corrected chi connectivity index (χ3v) is 3.93. The molecule has 0 saturated heterocycles. The first kappa shape index (κ1) is 11.2. The van der Waals surface area contributed by atoms with Gasteiger partial charge in [0.1, 0.15) is 15.0 Å². The molecule has 5 nitrogen and oxygen atoms in total. The Hall–Kier alpha value is -0.890. The number of anilines is 1. The fourth-order valence-corrected chi connectivity index (χ4v) is 2.94. The number of aromatic nitrogens is 3. The molecule has 0 aliphatic heterocycles. The minimum Gasteiger partial charge on any atom is -0.396 e. The lowest BCUT2D eigenvalue weighted by Crippen LogP contribution is -2.26. The van der Waals surface area contributed by atoms with Crippen LogP contribution in [-0.2, 0) is 0 Å². The van der Waals surface area contributed by atoms with Crippen molar-refractivity contribution in [3.8, 4) is 0 Å². The van der Waals surface area contributed by atoms with Crippen molar-refractivity contribution in [1.82, 2.24) is 14.4 Å². The molecule has 3 rings (SSSR count). The Morgan fingerprint density at radius 1 is 1.53 bits per heavy atom. The fourth-order valence-electron chi connectivity index (χ4n) is 2.41. The van der Waals surface area contributed by atoms with Crippen LogP contribution in [0.1, 0.15) is 24.6 Å². The summed E-state index contributed by atoms with van der Waals surface area (Å²) in [4.78, 5) is 8.66. The van der Waals surface area contributed by atoms with E-state index in [1.165, 1.54) is 0 Å². The van der Waals surface area contributed by atoms with Crippen LogP contribution in [0.15, 0.2) is 12.4 Å². The molecule has 0 bridgehead atoms. The standard InChI is InChI=1S/C11H13IN4O/c12-9-4-16-8(10(13)15-9)3-14-11(16)7-1-6(2-7)5-17/h3-4,6-7,17H,1-2,5H2,(H2,13,15). The van der Waals surface area contributed by atoms with Crippen LogP contribution in [-0.4, -0.2) is 26.1 Å². The molecule has 0 unspecified atom stereocenters. The molecule has 1 aliphatic rings. The van der Waals surface area contributed by atoms with Crippen LogP contribution in [0.3, 0.4) is 0 Å². The highest BCUT2D eigenvalue weighted by Gasteiger charge is 2.32. The summed E-state index contributed by atoms with van der Waals surface area (Å²) < 4.78 is 2.90. The zero-order valence-electron chi connectivity index (χ0n) is 9.17. The maximum absolute atomic E-state index is 9.04. The first-order valence-electron chi connectivity index (χ1n) is 5.59. The van der Waals surface area contributed by atoms with E-state index in [4.69, 9.17) is 10.8 Å². The average molecular weight is 344 g/mol. The molecule has 2 heterocycles. The number of halogens is 1. The molecule has 1 fully saturated rings. The van der Waals surface area contributed by atoms with Crippen molar-refractivity contribution in [3.63, 3.8) is 0 Å². The van der Waals surface area contributed by atoms with Crippen LogP contribution in [0.4, 0.5) is 5.82 Å². The average Bonchev–Trinajstić information content (AvgIpc) is 2.61. The summed E-state index contributed by atoms with van der Waals surface area (Å²) in [5, 5.41) is 9.04. The molecule has 17 heavy (non-hydrogen) atoms. The van der Waals surface area contributed by atoms with Crippen LogP contribution >= 0.6 is 22.6 Å². The number of nitrogens with two attached hydrogens (primary N) is 1. The highest BCUT2D eigenvalue weighted by molar-refractivity contribution is 14.1. The van der Waals surface area contributed by atoms with Gasteiger partial charge in [-0.25, -0.2) is 9.97 Å². The third-order valence-electron chi connectivity index (χ3n) is 3.41. The number of nitrogens with zero attached hydrogens (tertiary/aromatic N) is 3. The van der Waals surface area contributed by atoms with Gasteiger partial charge in [0.2, 0.25) is 0 Å². The van der Waals surface area contributed by atoms with E-state index in [9.17, 15) is 0 Å². The van der Waals surface area contributed by atoms with Gasteiger partial charge in [-0.3, -0.25) is 4.40 Å². The second-order valence-corrected chi connectivity index (χ2v) is 5.64. The van der Waals surface area contributed by atoms with Crippen molar-refractivity contribution in [1.29, 1.82) is 0 Å². The van der Waals surface area contributed by atoms with E-state index in [-0.39, 0.29) is 6.61 Å². The molecule has 0 aromatic carbocycles. The van der Waals surface area contributed by atoms with E-state index in [1.807, 2.05) is 10.6 Å². The van der Waals surface area contributed by atoms with Gasteiger partial charge in [-0.15, -0.1) is 0 Å². The summed E-state index contributed by atoms with van der Waals surface area (Å²) in [5.41, 5.74) is 6.74. The predicted octanol–water partition coefficient (Wildman–Crippen LogP) is 1.40. The molecule has 0 radical (unpaired) electrons. The maximum Gasteiger partial charge on any atom is 0.150 e. The highest BCUT2D eigenvalue weighted by Crippen LogP contribution is 2.40. The summed E-state index contributed by atoms with van der Waals surface area (Å²) in [6, 6.07) is 0. The smallest absolute Gasteiger partial charge is 0.150 e. The molecule has 1 aliphatic carbocycles. The number of aliphatic hydroxyl groups is 1. The summed E-state index contributed by atoms with van der Waals surface area (Å²) in [7, 11) is 0. The quantitative estimate of drug-likeness (QED) is 0.808. The third kappa shape index (κ3) is 1.79. The van der Waals surface area contributed by atoms with E-state index in [1.54, 1.807) is 6.20 Å². The van der Waals surface area contributed by atoms with Crippen LogP contribution in [0, 0.1) is 9.62 Å². The number of nitrogen functional groups attached to an aromatic ring is 1. The molecular formula is C11H13IN4O. The monoisotopic (exact) mass is 344 g/mol. The fraction of sp³-hybridized carbons (Fsp3) is 0.455. The second-order valence-electron chi connectivity index (χ2n) is 4.54. The highest BCUT2D eigenvalue weighted by atomic mass is 127. The van der Waals surface area contributed by atoms with Gasteiger partial charge < -0.3 is 10.8 Å². The van der Waals surface area contributed by atoms with Gasteiger partial charge in [0.15, 0.2) is 5.82 Å². The maximum atomic E-state index is 9.04. The normalized spacial score (nSPS) is 23.9. The lowest BCUT2D eigenvalue weighted by Gasteiger charge is -2.33. The minimum absolute atomic E-state index is 0.279. The topological polar surface area (TPSA) is 76.4 Å². The van der Waals surface area contributed by atoms with Crippen LogP contribution in [0.25, 0.3) is 5.52 Å². The number of hydrogen-bond donors (Lipinski definition) is 2.